The van der Waals surface area contributed by atoms with Gasteiger partial charge in [-0.15, -0.1) is 0 Å². The summed E-state index contributed by atoms with van der Waals surface area (Å²) in [4.78, 5) is 8.38. The fraction of sp³-hybridized carbons (Fsp3) is 0.429. The summed E-state index contributed by atoms with van der Waals surface area (Å²) in [6, 6.07) is 12.5. The highest BCUT2D eigenvalue weighted by Gasteiger charge is 2.30. The molecule has 2 aliphatic heterocycles. The molecule has 0 aliphatic carbocycles. The van der Waals surface area contributed by atoms with Crippen LogP contribution in [-0.2, 0) is 11.2 Å². The van der Waals surface area contributed by atoms with Crippen LogP contribution < -0.4 is 10.6 Å². The molecule has 1 unspecified atom stereocenters. The van der Waals surface area contributed by atoms with Gasteiger partial charge in [0.05, 0.1) is 6.61 Å². The lowest BCUT2D eigenvalue weighted by atomic mass is 9.96. The Morgan fingerprint density at radius 1 is 1.11 bits per heavy atom. The summed E-state index contributed by atoms with van der Waals surface area (Å²) < 4.78 is 6.34. The van der Waals surface area contributed by atoms with Gasteiger partial charge in [0, 0.05) is 43.3 Å². The fourth-order valence-electron chi connectivity index (χ4n) is 4.10. The molecule has 0 amide bonds. The highest BCUT2D eigenvalue weighted by atomic mass is 16.5. The fourth-order valence-corrected chi connectivity index (χ4v) is 4.10. The zero-order chi connectivity index (χ0) is 18.6. The van der Waals surface area contributed by atoms with Crippen LogP contribution in [0.25, 0.3) is 0 Å². The Morgan fingerprint density at radius 2 is 1.85 bits per heavy atom. The summed E-state index contributed by atoms with van der Waals surface area (Å²) in [5.74, 6) is 0.619. The summed E-state index contributed by atoms with van der Waals surface area (Å²) in [6.45, 7) is 3.51. The lowest BCUT2D eigenvalue weighted by molar-refractivity contribution is -0.0529. The lowest BCUT2D eigenvalue weighted by Crippen LogP contribution is -2.45. The number of ether oxygens (including phenoxy) is 1. The maximum absolute atomic E-state index is 7.92. The van der Waals surface area contributed by atoms with E-state index >= 15 is 0 Å². The van der Waals surface area contributed by atoms with Crippen molar-refractivity contribution in [2.45, 2.75) is 25.5 Å². The molecular formula is C21H27N5O. The molecule has 6 heteroatoms. The molecule has 0 radical (unpaired) electrons. The Kier molecular flexibility index (Phi) is 5.25. The SMILES string of the molecule is N=C(N)N1CCc2ccccc2C1OCC1CCN(c2ccncc2)CC1. The van der Waals surface area contributed by atoms with Gasteiger partial charge in [-0.25, -0.2) is 0 Å². The van der Waals surface area contributed by atoms with Crippen LogP contribution in [0.4, 0.5) is 5.69 Å². The zero-order valence-electron chi connectivity index (χ0n) is 15.6. The molecule has 0 spiro atoms. The van der Waals surface area contributed by atoms with E-state index < -0.39 is 0 Å². The molecule has 6 nitrogen and oxygen atoms in total. The van der Waals surface area contributed by atoms with E-state index in [9.17, 15) is 0 Å². The van der Waals surface area contributed by atoms with Crippen molar-refractivity contribution in [3.63, 3.8) is 0 Å². The number of rotatable bonds is 4. The zero-order valence-corrected chi connectivity index (χ0v) is 15.6. The van der Waals surface area contributed by atoms with Gasteiger partial charge < -0.3 is 20.3 Å². The first kappa shape index (κ1) is 17.8. The Hall–Kier alpha value is -2.60. The van der Waals surface area contributed by atoms with Gasteiger partial charge in [-0.1, -0.05) is 24.3 Å². The van der Waals surface area contributed by atoms with Crippen molar-refractivity contribution in [3.05, 3.63) is 59.9 Å². The summed E-state index contributed by atoms with van der Waals surface area (Å²) in [7, 11) is 0. The minimum Gasteiger partial charge on any atom is -0.371 e. The van der Waals surface area contributed by atoms with Crippen molar-refractivity contribution in [2.75, 3.05) is 31.1 Å². The highest BCUT2D eigenvalue weighted by molar-refractivity contribution is 5.75. The number of hydrogen-bond acceptors (Lipinski definition) is 4. The number of aromatic nitrogens is 1. The first-order chi connectivity index (χ1) is 13.2. The molecule has 0 saturated carbocycles. The molecule has 142 valence electrons. The third-order valence-electron chi connectivity index (χ3n) is 5.67. The van der Waals surface area contributed by atoms with E-state index in [-0.39, 0.29) is 12.2 Å². The molecule has 1 saturated heterocycles. The molecule has 1 aromatic heterocycles. The number of guanidine groups is 1. The van der Waals surface area contributed by atoms with E-state index in [0.29, 0.717) is 12.5 Å². The van der Waals surface area contributed by atoms with Crippen LogP contribution in [0.5, 0.6) is 0 Å². The third-order valence-corrected chi connectivity index (χ3v) is 5.67. The Bertz CT molecular complexity index is 773. The van der Waals surface area contributed by atoms with Gasteiger partial charge in [0.1, 0.15) is 0 Å². The van der Waals surface area contributed by atoms with E-state index in [1.54, 1.807) is 0 Å². The Labute approximate surface area is 160 Å². The number of fused-ring (bicyclic) bond motifs is 1. The van der Waals surface area contributed by atoms with Crippen molar-refractivity contribution < 1.29 is 4.74 Å². The molecule has 1 atom stereocenters. The number of anilines is 1. The van der Waals surface area contributed by atoms with Crippen LogP contribution in [0, 0.1) is 11.3 Å². The van der Waals surface area contributed by atoms with Gasteiger partial charge in [-0.3, -0.25) is 10.4 Å². The van der Waals surface area contributed by atoms with Gasteiger partial charge in [-0.05, 0) is 42.9 Å². The monoisotopic (exact) mass is 365 g/mol. The molecule has 0 bridgehead atoms. The molecular weight excluding hydrogens is 338 g/mol. The topological polar surface area (TPSA) is 78.5 Å². The number of nitrogens with one attached hydrogen (secondary N) is 1. The van der Waals surface area contributed by atoms with Crippen LogP contribution in [-0.4, -0.2) is 42.1 Å². The molecule has 4 rings (SSSR count). The predicted octanol–water partition coefficient (Wildman–Crippen LogP) is 2.76. The summed E-state index contributed by atoms with van der Waals surface area (Å²) >= 11 is 0. The standard InChI is InChI=1S/C21H27N5O/c22-21(23)26-14-9-17-3-1-2-4-19(17)20(26)27-15-16-7-12-25(13-8-16)18-5-10-24-11-6-18/h1-6,10-11,16,20H,7-9,12-15H2,(H3,22,23). The maximum Gasteiger partial charge on any atom is 0.190 e. The Balaban J connectivity index is 1.37. The van der Waals surface area contributed by atoms with Gasteiger partial charge in [0.2, 0.25) is 0 Å². The molecule has 1 aromatic carbocycles. The predicted molar refractivity (Wildman–Crippen MR) is 107 cm³/mol. The maximum atomic E-state index is 7.92. The molecule has 1 fully saturated rings. The average molecular weight is 365 g/mol. The van der Waals surface area contributed by atoms with Crippen molar-refractivity contribution in [3.8, 4) is 0 Å². The van der Waals surface area contributed by atoms with E-state index in [0.717, 1.165) is 44.5 Å². The molecule has 2 aliphatic rings. The van der Waals surface area contributed by atoms with E-state index in [1.165, 1.54) is 11.3 Å². The summed E-state index contributed by atoms with van der Waals surface area (Å²) in [6.07, 6.45) is 6.57. The largest absolute Gasteiger partial charge is 0.371 e. The summed E-state index contributed by atoms with van der Waals surface area (Å²) in [5.41, 5.74) is 9.51. The summed E-state index contributed by atoms with van der Waals surface area (Å²) in [5, 5.41) is 7.92. The minimum atomic E-state index is -0.245. The van der Waals surface area contributed by atoms with Crippen LogP contribution in [0.1, 0.15) is 30.2 Å². The third kappa shape index (κ3) is 3.90. The van der Waals surface area contributed by atoms with E-state index in [2.05, 4.69) is 40.2 Å². The smallest absolute Gasteiger partial charge is 0.190 e. The van der Waals surface area contributed by atoms with Crippen molar-refractivity contribution in [2.24, 2.45) is 11.7 Å². The second kappa shape index (κ2) is 7.96. The second-order valence-electron chi connectivity index (χ2n) is 7.35. The van der Waals surface area contributed by atoms with Crippen LogP contribution >= 0.6 is 0 Å². The molecule has 3 N–H and O–H groups in total. The number of piperidine rings is 1. The number of nitrogens with two attached hydrogens (primary N) is 1. The number of pyridine rings is 1. The molecule has 27 heavy (non-hydrogen) atoms. The van der Waals surface area contributed by atoms with Crippen LogP contribution in [0.15, 0.2) is 48.8 Å². The number of benzene rings is 1. The van der Waals surface area contributed by atoms with Crippen molar-refractivity contribution in [1.29, 1.82) is 5.41 Å². The van der Waals surface area contributed by atoms with Gasteiger partial charge in [0.25, 0.3) is 0 Å². The first-order valence-electron chi connectivity index (χ1n) is 9.67. The van der Waals surface area contributed by atoms with Gasteiger partial charge in [-0.2, -0.15) is 0 Å². The average Bonchev–Trinajstić information content (AvgIpc) is 2.72. The number of hydrogen-bond donors (Lipinski definition) is 2. The van der Waals surface area contributed by atoms with Crippen molar-refractivity contribution in [1.82, 2.24) is 9.88 Å². The quantitative estimate of drug-likeness (QED) is 0.643. The first-order valence-corrected chi connectivity index (χ1v) is 9.67. The van der Waals surface area contributed by atoms with E-state index in [1.807, 2.05) is 23.4 Å². The number of nitrogens with zero attached hydrogens (tertiary/aromatic N) is 3. The van der Waals surface area contributed by atoms with Crippen molar-refractivity contribution >= 4 is 11.6 Å². The Morgan fingerprint density at radius 3 is 2.59 bits per heavy atom. The highest BCUT2D eigenvalue weighted by Crippen LogP contribution is 2.32. The van der Waals surface area contributed by atoms with Gasteiger partial charge in [0.15, 0.2) is 12.2 Å². The normalized spacial score (nSPS) is 20.4. The lowest BCUT2D eigenvalue weighted by Gasteiger charge is -2.39. The van der Waals surface area contributed by atoms with Crippen LogP contribution in [0.3, 0.4) is 0 Å². The molecule has 2 aromatic rings. The van der Waals surface area contributed by atoms with Crippen LogP contribution in [0.2, 0.25) is 0 Å². The van der Waals surface area contributed by atoms with Gasteiger partial charge >= 0.3 is 0 Å². The van der Waals surface area contributed by atoms with E-state index in [4.69, 9.17) is 15.9 Å². The second-order valence-corrected chi connectivity index (χ2v) is 7.35. The molecule has 3 heterocycles. The minimum absolute atomic E-state index is 0.0852.